The molecule has 2 aromatic heterocycles. The molecule has 1 amide bonds. The zero-order valence-corrected chi connectivity index (χ0v) is 18.4. The van der Waals surface area contributed by atoms with E-state index < -0.39 is 0 Å². The van der Waals surface area contributed by atoms with Gasteiger partial charge in [0.05, 0.1) is 28.8 Å². The molecule has 0 spiro atoms. The number of aliphatic hydroxyl groups is 1. The molecule has 0 aliphatic carbocycles. The van der Waals surface area contributed by atoms with Crippen molar-refractivity contribution in [3.63, 3.8) is 0 Å². The van der Waals surface area contributed by atoms with Crippen molar-refractivity contribution in [2.75, 3.05) is 11.9 Å². The van der Waals surface area contributed by atoms with Crippen LogP contribution in [0.15, 0.2) is 45.3 Å². The van der Waals surface area contributed by atoms with Gasteiger partial charge in [-0.1, -0.05) is 56.4 Å². The van der Waals surface area contributed by atoms with Gasteiger partial charge in [-0.25, -0.2) is 9.97 Å². The van der Waals surface area contributed by atoms with E-state index in [0.717, 1.165) is 21.1 Å². The van der Waals surface area contributed by atoms with Crippen molar-refractivity contribution in [2.45, 2.75) is 49.0 Å². The van der Waals surface area contributed by atoms with E-state index in [1.807, 2.05) is 24.3 Å². The second-order valence-corrected chi connectivity index (χ2v) is 9.96. The van der Waals surface area contributed by atoms with E-state index >= 15 is 0 Å². The number of carbonyl (C=O) groups is 1. The number of amides is 1. The number of nitrogens with one attached hydrogen (secondary N) is 1. The molecule has 3 rings (SSSR count). The number of hydrogen-bond acceptors (Lipinski definition) is 7. The lowest BCUT2D eigenvalue weighted by molar-refractivity contribution is -0.115. The van der Waals surface area contributed by atoms with E-state index in [2.05, 4.69) is 36.1 Å². The Morgan fingerprint density at radius 3 is 2.55 bits per heavy atom. The van der Waals surface area contributed by atoms with Crippen molar-refractivity contribution >= 4 is 34.1 Å². The molecule has 0 fully saturated rings. The first-order chi connectivity index (χ1) is 13.8. The first-order valence-corrected chi connectivity index (χ1v) is 11.2. The van der Waals surface area contributed by atoms with Crippen LogP contribution in [0.5, 0.6) is 0 Å². The predicted molar refractivity (Wildman–Crippen MR) is 116 cm³/mol. The minimum atomic E-state index is -0.103. The van der Waals surface area contributed by atoms with E-state index in [1.165, 1.54) is 11.3 Å². The zero-order valence-electron chi connectivity index (χ0n) is 16.8. The van der Waals surface area contributed by atoms with Gasteiger partial charge in [0.1, 0.15) is 5.76 Å². The fourth-order valence-electron chi connectivity index (χ4n) is 2.54. The van der Waals surface area contributed by atoms with Crippen molar-refractivity contribution in [2.24, 2.45) is 0 Å². The third-order valence-corrected chi connectivity index (χ3v) is 6.24. The number of thioether (sulfide) groups is 1. The van der Waals surface area contributed by atoms with Gasteiger partial charge in [-0.2, -0.15) is 0 Å². The summed E-state index contributed by atoms with van der Waals surface area (Å²) < 4.78 is 6.79. The lowest BCUT2D eigenvalue weighted by atomic mass is 9.94. The second-order valence-electron chi connectivity index (χ2n) is 7.66. The van der Waals surface area contributed by atoms with Crippen molar-refractivity contribution in [3.05, 3.63) is 59.4 Å². The van der Waals surface area contributed by atoms with Crippen LogP contribution in [0.2, 0.25) is 0 Å². The third kappa shape index (κ3) is 6.42. The number of thiazole rings is 1. The van der Waals surface area contributed by atoms with Crippen molar-refractivity contribution in [3.8, 4) is 0 Å². The molecule has 0 saturated heterocycles. The van der Waals surface area contributed by atoms with Crippen LogP contribution in [0.4, 0.5) is 5.13 Å². The van der Waals surface area contributed by atoms with Gasteiger partial charge in [-0.15, -0.1) is 11.8 Å². The molecule has 0 radical (unpaired) electrons. The third-order valence-electron chi connectivity index (χ3n) is 4.15. The van der Waals surface area contributed by atoms with Gasteiger partial charge in [0.25, 0.3) is 0 Å². The van der Waals surface area contributed by atoms with Crippen LogP contribution in [0, 0.1) is 0 Å². The summed E-state index contributed by atoms with van der Waals surface area (Å²) in [4.78, 5) is 20.9. The number of aromatic nitrogens is 2. The number of carbonyl (C=O) groups excluding carboxylic acids is 1. The van der Waals surface area contributed by atoms with E-state index in [9.17, 15) is 4.79 Å². The molecule has 0 aliphatic heterocycles. The molecule has 0 aliphatic rings. The highest BCUT2D eigenvalue weighted by atomic mass is 32.2. The van der Waals surface area contributed by atoms with Gasteiger partial charge < -0.3 is 14.8 Å². The monoisotopic (exact) mass is 431 g/mol. The van der Waals surface area contributed by atoms with E-state index in [1.54, 1.807) is 24.2 Å². The Hall–Kier alpha value is -2.16. The van der Waals surface area contributed by atoms with Crippen molar-refractivity contribution in [1.82, 2.24) is 9.97 Å². The molecule has 2 N–H and O–H groups in total. The summed E-state index contributed by atoms with van der Waals surface area (Å²) in [5, 5.41) is 12.4. The Bertz CT molecular complexity index is 943. The van der Waals surface area contributed by atoms with Crippen molar-refractivity contribution < 1.29 is 14.3 Å². The Morgan fingerprint density at radius 2 is 1.90 bits per heavy atom. The highest BCUT2D eigenvalue weighted by Gasteiger charge is 2.19. The molecular formula is C21H25N3O3S2. The quantitative estimate of drug-likeness (QED) is 0.513. The number of benzene rings is 1. The van der Waals surface area contributed by atoms with Gasteiger partial charge in [0.2, 0.25) is 11.8 Å². The van der Waals surface area contributed by atoms with Crippen LogP contribution in [0.3, 0.4) is 0 Å². The normalized spacial score (nSPS) is 11.6. The van der Waals surface area contributed by atoms with Crippen LogP contribution in [0.1, 0.15) is 43.5 Å². The summed E-state index contributed by atoms with van der Waals surface area (Å²) in [6.45, 7) is 6.39. The average Bonchev–Trinajstić information content (AvgIpc) is 3.31. The summed E-state index contributed by atoms with van der Waals surface area (Å²) in [7, 11) is 0. The highest BCUT2D eigenvalue weighted by Crippen LogP contribution is 2.31. The van der Waals surface area contributed by atoms with E-state index in [0.29, 0.717) is 23.2 Å². The van der Waals surface area contributed by atoms with Gasteiger partial charge in [0.15, 0.2) is 5.13 Å². The van der Waals surface area contributed by atoms with E-state index in [4.69, 9.17) is 9.52 Å². The summed E-state index contributed by atoms with van der Waals surface area (Å²) in [6, 6.07) is 7.70. The largest absolute Gasteiger partial charge is 0.444 e. The van der Waals surface area contributed by atoms with Gasteiger partial charge in [-0.3, -0.25) is 4.79 Å². The Balaban J connectivity index is 1.49. The topological polar surface area (TPSA) is 88.2 Å². The average molecular weight is 432 g/mol. The molecule has 6 nitrogen and oxygen atoms in total. The molecule has 0 saturated carbocycles. The number of nitrogens with zero attached hydrogens (tertiary/aromatic N) is 2. The van der Waals surface area contributed by atoms with Crippen LogP contribution < -0.4 is 5.32 Å². The fraction of sp³-hybridized carbons (Fsp3) is 0.381. The number of aliphatic hydroxyl groups excluding tert-OH is 1. The maximum absolute atomic E-state index is 12.3. The maximum Gasteiger partial charge on any atom is 0.230 e. The first kappa shape index (κ1) is 21.5. The molecule has 0 unspecified atom stereocenters. The minimum absolute atomic E-state index is 0.0585. The maximum atomic E-state index is 12.3. The minimum Gasteiger partial charge on any atom is -0.444 e. The SMILES string of the molecule is CC(C)(C)c1cnc(CSc2cnc(NC(=O)Cc3ccc(CCO)cc3)s2)o1. The molecule has 8 heteroatoms. The standard InChI is InChI=1S/C21H25N3O3S2/c1-21(2,3)16-11-22-18(27-16)13-28-19-12-23-20(29-19)24-17(26)10-15-6-4-14(5-7-15)8-9-25/h4-7,11-12,25H,8-10,13H2,1-3H3,(H,23,24,26). The molecule has 3 aromatic rings. The Morgan fingerprint density at radius 1 is 1.17 bits per heavy atom. The van der Waals surface area contributed by atoms with Crippen LogP contribution in [-0.2, 0) is 28.8 Å². The summed E-state index contributed by atoms with van der Waals surface area (Å²) in [5.41, 5.74) is 1.92. The molecule has 1 aromatic carbocycles. The number of hydrogen-bond donors (Lipinski definition) is 2. The Kier molecular flexibility index (Phi) is 7.10. The lowest BCUT2D eigenvalue weighted by Crippen LogP contribution is -2.14. The lowest BCUT2D eigenvalue weighted by Gasteiger charge is -2.12. The predicted octanol–water partition coefficient (Wildman–Crippen LogP) is 4.44. The van der Waals surface area contributed by atoms with E-state index in [-0.39, 0.29) is 24.3 Å². The van der Waals surface area contributed by atoms with Crippen LogP contribution >= 0.6 is 23.1 Å². The van der Waals surface area contributed by atoms with Gasteiger partial charge in [0, 0.05) is 12.0 Å². The zero-order chi connectivity index (χ0) is 20.9. The van der Waals surface area contributed by atoms with Crippen LogP contribution in [0.25, 0.3) is 0 Å². The first-order valence-electron chi connectivity index (χ1n) is 9.36. The molecule has 154 valence electrons. The number of oxazole rings is 1. The second kappa shape index (κ2) is 9.56. The highest BCUT2D eigenvalue weighted by molar-refractivity contribution is 8.00. The summed E-state index contributed by atoms with van der Waals surface area (Å²) in [6.07, 6.45) is 4.44. The molecule has 29 heavy (non-hydrogen) atoms. The van der Waals surface area contributed by atoms with Gasteiger partial charge >= 0.3 is 0 Å². The molecular weight excluding hydrogens is 406 g/mol. The molecule has 0 bridgehead atoms. The van der Waals surface area contributed by atoms with Crippen LogP contribution in [-0.4, -0.2) is 27.6 Å². The smallest absolute Gasteiger partial charge is 0.230 e. The Labute approximate surface area is 178 Å². The molecule has 2 heterocycles. The molecule has 0 atom stereocenters. The summed E-state index contributed by atoms with van der Waals surface area (Å²) in [5.74, 6) is 2.07. The fourth-order valence-corrected chi connectivity index (χ4v) is 4.28. The number of rotatable bonds is 8. The summed E-state index contributed by atoms with van der Waals surface area (Å²) >= 11 is 3.02. The number of anilines is 1. The van der Waals surface area contributed by atoms with Gasteiger partial charge in [-0.05, 0) is 17.5 Å². The van der Waals surface area contributed by atoms with Crippen molar-refractivity contribution in [1.29, 1.82) is 0 Å².